The monoisotopic (exact) mass is 284 g/mol. The maximum Gasteiger partial charge on any atom is 0.240 e. The highest BCUT2D eigenvalue weighted by Gasteiger charge is 2.27. The molecule has 3 N–H and O–H groups in total. The Balaban J connectivity index is 2.12. The van der Waals surface area contributed by atoms with Gasteiger partial charge in [0.05, 0.1) is 12.0 Å². The van der Waals surface area contributed by atoms with Crippen LogP contribution in [0.15, 0.2) is 29.2 Å². The molecular formula is C13H20N2O3S. The van der Waals surface area contributed by atoms with Crippen molar-refractivity contribution in [1.82, 2.24) is 4.72 Å². The second kappa shape index (κ2) is 5.90. The average Bonchev–Trinajstić information content (AvgIpc) is 2.41. The Morgan fingerprint density at radius 1 is 1.21 bits per heavy atom. The van der Waals surface area contributed by atoms with E-state index in [1.54, 1.807) is 19.2 Å². The number of hydrogen-bond acceptors (Lipinski definition) is 4. The quantitative estimate of drug-likeness (QED) is 0.871. The molecule has 5 nitrogen and oxygen atoms in total. The number of rotatable bonds is 4. The molecule has 1 fully saturated rings. The summed E-state index contributed by atoms with van der Waals surface area (Å²) in [6.07, 6.45) is 3.76. The lowest BCUT2D eigenvalue weighted by atomic mass is 9.92. The molecule has 0 bridgehead atoms. The zero-order valence-electron chi connectivity index (χ0n) is 11.0. The molecule has 1 aliphatic rings. The predicted octanol–water partition coefficient (Wildman–Crippen LogP) is 1.24. The highest BCUT2D eigenvalue weighted by Crippen LogP contribution is 2.20. The van der Waals surface area contributed by atoms with Crippen LogP contribution in [0.3, 0.4) is 0 Å². The van der Waals surface area contributed by atoms with Crippen LogP contribution in [0.25, 0.3) is 0 Å². The Labute approximate surface area is 114 Å². The first-order chi connectivity index (χ1) is 9.03. The van der Waals surface area contributed by atoms with Gasteiger partial charge in [0.2, 0.25) is 10.0 Å². The van der Waals surface area contributed by atoms with Gasteiger partial charge >= 0.3 is 0 Å². The van der Waals surface area contributed by atoms with Gasteiger partial charge in [-0.05, 0) is 37.1 Å². The Bertz CT molecular complexity index is 513. The summed E-state index contributed by atoms with van der Waals surface area (Å²) >= 11 is 0. The van der Waals surface area contributed by atoms with E-state index < -0.39 is 10.0 Å². The lowest BCUT2D eigenvalue weighted by Crippen LogP contribution is -2.49. The molecule has 1 saturated carbocycles. The van der Waals surface area contributed by atoms with Crippen LogP contribution in [-0.2, 0) is 10.0 Å². The Hall–Kier alpha value is -1.11. The fourth-order valence-electron chi connectivity index (χ4n) is 2.33. The largest absolute Gasteiger partial charge is 0.497 e. The molecule has 0 aromatic heterocycles. The van der Waals surface area contributed by atoms with E-state index in [2.05, 4.69) is 4.72 Å². The fraction of sp³-hybridized carbons (Fsp3) is 0.538. The normalized spacial score (nSPS) is 24.1. The van der Waals surface area contributed by atoms with Crippen molar-refractivity contribution in [2.24, 2.45) is 5.73 Å². The summed E-state index contributed by atoms with van der Waals surface area (Å²) in [4.78, 5) is 0.242. The second-order valence-corrected chi connectivity index (χ2v) is 6.57. The van der Waals surface area contributed by atoms with Crippen molar-refractivity contribution in [3.8, 4) is 5.75 Å². The van der Waals surface area contributed by atoms with Gasteiger partial charge < -0.3 is 10.5 Å². The van der Waals surface area contributed by atoms with E-state index in [9.17, 15) is 8.42 Å². The van der Waals surface area contributed by atoms with Crippen molar-refractivity contribution < 1.29 is 13.2 Å². The van der Waals surface area contributed by atoms with Gasteiger partial charge in [-0.2, -0.15) is 0 Å². The molecule has 19 heavy (non-hydrogen) atoms. The Kier molecular flexibility index (Phi) is 4.44. The topological polar surface area (TPSA) is 81.4 Å². The zero-order chi connectivity index (χ0) is 13.9. The summed E-state index contributed by atoms with van der Waals surface area (Å²) in [6.45, 7) is 0. The van der Waals surface area contributed by atoms with Gasteiger partial charge in [-0.15, -0.1) is 0 Å². The van der Waals surface area contributed by atoms with Gasteiger partial charge in [-0.25, -0.2) is 13.1 Å². The maximum absolute atomic E-state index is 12.2. The van der Waals surface area contributed by atoms with Crippen molar-refractivity contribution >= 4 is 10.0 Å². The van der Waals surface area contributed by atoms with Crippen LogP contribution in [0.1, 0.15) is 25.7 Å². The number of methoxy groups -OCH3 is 1. The molecule has 1 aliphatic carbocycles. The van der Waals surface area contributed by atoms with Gasteiger partial charge in [-0.1, -0.05) is 12.8 Å². The minimum Gasteiger partial charge on any atom is -0.497 e. The van der Waals surface area contributed by atoms with E-state index in [-0.39, 0.29) is 17.0 Å². The molecule has 2 rings (SSSR count). The molecule has 0 saturated heterocycles. The molecule has 1 aromatic rings. The predicted molar refractivity (Wildman–Crippen MR) is 73.5 cm³/mol. The molecule has 2 atom stereocenters. The van der Waals surface area contributed by atoms with Crippen LogP contribution in [0.4, 0.5) is 0 Å². The molecule has 6 heteroatoms. The maximum atomic E-state index is 12.2. The van der Waals surface area contributed by atoms with Gasteiger partial charge in [0.1, 0.15) is 5.75 Å². The average molecular weight is 284 g/mol. The van der Waals surface area contributed by atoms with Crippen LogP contribution in [0, 0.1) is 0 Å². The van der Waals surface area contributed by atoms with Crippen molar-refractivity contribution in [3.05, 3.63) is 24.3 Å². The third-order valence-electron chi connectivity index (χ3n) is 3.50. The summed E-state index contributed by atoms with van der Waals surface area (Å²) in [5.74, 6) is 0.633. The minimum absolute atomic E-state index is 0.0956. The van der Waals surface area contributed by atoms with Crippen molar-refractivity contribution in [2.75, 3.05) is 7.11 Å². The standard InChI is InChI=1S/C13H20N2O3S/c1-18-10-6-8-11(9-7-10)19(16,17)15-13-5-3-2-4-12(13)14/h6-9,12-13,15H,2-5,14H2,1H3/t12-,13-/m0/s1. The second-order valence-electron chi connectivity index (χ2n) is 4.85. The molecule has 0 unspecified atom stereocenters. The van der Waals surface area contributed by atoms with Crippen LogP contribution in [-0.4, -0.2) is 27.6 Å². The first-order valence-corrected chi connectivity index (χ1v) is 7.93. The summed E-state index contributed by atoms with van der Waals surface area (Å²) < 4.78 is 32.2. The molecule has 0 spiro atoms. The van der Waals surface area contributed by atoms with Crippen LogP contribution in [0.2, 0.25) is 0 Å². The fourth-order valence-corrected chi connectivity index (χ4v) is 3.65. The van der Waals surface area contributed by atoms with Gasteiger partial charge in [-0.3, -0.25) is 0 Å². The van der Waals surface area contributed by atoms with E-state index in [1.807, 2.05) is 0 Å². The first-order valence-electron chi connectivity index (χ1n) is 6.45. The van der Waals surface area contributed by atoms with E-state index in [4.69, 9.17) is 10.5 Å². The van der Waals surface area contributed by atoms with Gasteiger partial charge in [0, 0.05) is 12.1 Å². The van der Waals surface area contributed by atoms with Crippen LogP contribution in [0.5, 0.6) is 5.75 Å². The molecule has 0 radical (unpaired) electrons. The molecule has 0 heterocycles. The third kappa shape index (κ3) is 3.46. The lowest BCUT2D eigenvalue weighted by Gasteiger charge is -2.29. The number of sulfonamides is 1. The SMILES string of the molecule is COc1ccc(S(=O)(=O)N[C@H]2CCCC[C@@H]2N)cc1. The smallest absolute Gasteiger partial charge is 0.240 e. The minimum atomic E-state index is -3.50. The molecule has 0 amide bonds. The van der Waals surface area contributed by atoms with Crippen LogP contribution >= 0.6 is 0 Å². The molecule has 1 aromatic carbocycles. The van der Waals surface area contributed by atoms with Gasteiger partial charge in [0.25, 0.3) is 0 Å². The number of hydrogen-bond donors (Lipinski definition) is 2. The van der Waals surface area contributed by atoms with Crippen molar-refractivity contribution in [1.29, 1.82) is 0 Å². The summed E-state index contributed by atoms with van der Waals surface area (Å²) in [5, 5.41) is 0. The number of nitrogens with one attached hydrogen (secondary N) is 1. The Morgan fingerprint density at radius 3 is 2.42 bits per heavy atom. The van der Waals surface area contributed by atoms with E-state index >= 15 is 0 Å². The highest BCUT2D eigenvalue weighted by atomic mass is 32.2. The summed E-state index contributed by atoms with van der Waals surface area (Å²) in [7, 11) is -1.96. The van der Waals surface area contributed by atoms with Gasteiger partial charge in [0.15, 0.2) is 0 Å². The third-order valence-corrected chi connectivity index (χ3v) is 5.00. The highest BCUT2D eigenvalue weighted by molar-refractivity contribution is 7.89. The van der Waals surface area contributed by atoms with E-state index in [0.29, 0.717) is 5.75 Å². The molecular weight excluding hydrogens is 264 g/mol. The number of nitrogens with two attached hydrogens (primary N) is 1. The number of ether oxygens (including phenoxy) is 1. The van der Waals surface area contributed by atoms with E-state index in [0.717, 1.165) is 25.7 Å². The zero-order valence-corrected chi connectivity index (χ0v) is 11.8. The molecule has 106 valence electrons. The summed E-state index contributed by atoms with van der Waals surface area (Å²) in [5.41, 5.74) is 5.96. The van der Waals surface area contributed by atoms with E-state index in [1.165, 1.54) is 12.1 Å². The Morgan fingerprint density at radius 2 is 1.84 bits per heavy atom. The molecule has 0 aliphatic heterocycles. The summed E-state index contributed by atoms with van der Waals surface area (Å²) in [6, 6.07) is 6.08. The van der Waals surface area contributed by atoms with Crippen molar-refractivity contribution in [2.45, 2.75) is 42.7 Å². The van der Waals surface area contributed by atoms with Crippen LogP contribution < -0.4 is 15.2 Å². The first kappa shape index (κ1) is 14.3. The van der Waals surface area contributed by atoms with Crippen molar-refractivity contribution in [3.63, 3.8) is 0 Å². The number of benzene rings is 1. The lowest BCUT2D eigenvalue weighted by molar-refractivity contribution is 0.361.